The van der Waals surface area contributed by atoms with Crippen LogP contribution in [-0.4, -0.2) is 31.4 Å². The summed E-state index contributed by atoms with van der Waals surface area (Å²) in [5.41, 5.74) is 0.790. The molecule has 0 radical (unpaired) electrons. The Morgan fingerprint density at radius 1 is 1.14 bits per heavy atom. The molecule has 0 unspecified atom stereocenters. The molecule has 2 amide bonds. The number of hydrogen-bond acceptors (Lipinski definition) is 2. The fourth-order valence-corrected chi connectivity index (χ4v) is 2.07. The van der Waals surface area contributed by atoms with Crippen LogP contribution in [0, 0.1) is 0 Å². The highest BCUT2D eigenvalue weighted by Crippen LogP contribution is 2.22. The minimum absolute atomic E-state index is 0.0974. The van der Waals surface area contributed by atoms with Crippen LogP contribution in [0.1, 0.15) is 6.92 Å². The van der Waals surface area contributed by atoms with Gasteiger partial charge in [-0.25, -0.2) is 0 Å². The zero-order valence-electron chi connectivity index (χ0n) is 12.2. The summed E-state index contributed by atoms with van der Waals surface area (Å²) in [5.74, 6) is -0.213. The maximum absolute atomic E-state index is 12.2. The van der Waals surface area contributed by atoms with E-state index in [0.29, 0.717) is 0 Å². The van der Waals surface area contributed by atoms with Crippen molar-refractivity contribution in [1.82, 2.24) is 5.32 Å². The smallest absolute Gasteiger partial charge is 0.282 e. The van der Waals surface area contributed by atoms with Crippen molar-refractivity contribution in [3.05, 3.63) is 42.5 Å². The molecule has 2 aromatic rings. The molecule has 0 aliphatic heterocycles. The van der Waals surface area contributed by atoms with Gasteiger partial charge >= 0.3 is 0 Å². The Morgan fingerprint density at radius 3 is 2.62 bits per heavy atom. The SMILES string of the molecule is CNC(=O)C[NH2+][C@@H](C)C(=O)Nc1cccc2ccccc12. The van der Waals surface area contributed by atoms with Crippen molar-refractivity contribution in [2.24, 2.45) is 0 Å². The third-order valence-electron chi connectivity index (χ3n) is 3.40. The van der Waals surface area contributed by atoms with E-state index in [1.54, 1.807) is 19.3 Å². The molecule has 110 valence electrons. The number of likely N-dealkylation sites (N-methyl/N-ethyl adjacent to an activating group) is 1. The van der Waals surface area contributed by atoms with Gasteiger partial charge in [0.2, 0.25) is 0 Å². The fraction of sp³-hybridized carbons (Fsp3) is 0.250. The number of nitrogens with one attached hydrogen (secondary N) is 2. The second-order valence-corrected chi connectivity index (χ2v) is 4.92. The predicted molar refractivity (Wildman–Crippen MR) is 82.9 cm³/mol. The molecule has 0 fully saturated rings. The van der Waals surface area contributed by atoms with Gasteiger partial charge in [0.15, 0.2) is 12.6 Å². The van der Waals surface area contributed by atoms with Gasteiger partial charge in [0.05, 0.1) is 0 Å². The summed E-state index contributed by atoms with van der Waals surface area (Å²) in [6.45, 7) is 2.02. The Morgan fingerprint density at radius 2 is 1.86 bits per heavy atom. The number of quaternary nitrogens is 1. The van der Waals surface area contributed by atoms with Crippen LogP contribution >= 0.6 is 0 Å². The topological polar surface area (TPSA) is 74.8 Å². The first kappa shape index (κ1) is 15.0. The van der Waals surface area contributed by atoms with Gasteiger partial charge in [0.1, 0.15) is 0 Å². The highest BCUT2D eigenvalue weighted by atomic mass is 16.2. The molecule has 4 N–H and O–H groups in total. The average Bonchev–Trinajstić information content (AvgIpc) is 2.52. The molecule has 2 rings (SSSR count). The lowest BCUT2D eigenvalue weighted by Gasteiger charge is -2.12. The molecule has 0 aliphatic carbocycles. The van der Waals surface area contributed by atoms with Crippen LogP contribution in [-0.2, 0) is 9.59 Å². The molecule has 2 aromatic carbocycles. The van der Waals surface area contributed by atoms with E-state index in [2.05, 4.69) is 10.6 Å². The molecule has 0 aromatic heterocycles. The van der Waals surface area contributed by atoms with Gasteiger partial charge in [-0.15, -0.1) is 0 Å². The molecule has 21 heavy (non-hydrogen) atoms. The van der Waals surface area contributed by atoms with E-state index in [1.807, 2.05) is 42.5 Å². The summed E-state index contributed by atoms with van der Waals surface area (Å²) in [6, 6.07) is 13.4. The molecule has 0 spiro atoms. The molecule has 0 saturated carbocycles. The minimum atomic E-state index is -0.332. The van der Waals surface area contributed by atoms with E-state index < -0.39 is 0 Å². The van der Waals surface area contributed by atoms with Crippen molar-refractivity contribution in [3.8, 4) is 0 Å². The van der Waals surface area contributed by atoms with Crippen molar-refractivity contribution in [1.29, 1.82) is 0 Å². The molecular formula is C16H20N3O2+. The average molecular weight is 286 g/mol. The van der Waals surface area contributed by atoms with E-state index >= 15 is 0 Å². The van der Waals surface area contributed by atoms with Crippen LogP contribution in [0.5, 0.6) is 0 Å². The number of rotatable bonds is 5. The monoisotopic (exact) mass is 286 g/mol. The maximum Gasteiger partial charge on any atom is 0.282 e. The standard InChI is InChI=1S/C16H19N3O2/c1-11(18-10-15(20)17-2)16(21)19-14-9-5-7-12-6-3-4-8-13(12)14/h3-9,11,18H,10H2,1-2H3,(H,17,20)(H,19,21)/p+1/t11-/m0/s1. The van der Waals surface area contributed by atoms with Gasteiger partial charge in [-0.2, -0.15) is 0 Å². The lowest BCUT2D eigenvalue weighted by atomic mass is 10.1. The molecule has 5 heteroatoms. The Balaban J connectivity index is 2.06. The van der Waals surface area contributed by atoms with E-state index in [4.69, 9.17) is 0 Å². The third kappa shape index (κ3) is 3.79. The highest BCUT2D eigenvalue weighted by molar-refractivity contribution is 6.03. The maximum atomic E-state index is 12.2. The molecular weight excluding hydrogens is 266 g/mol. The second kappa shape index (κ2) is 6.85. The van der Waals surface area contributed by atoms with Crippen LogP contribution in [0.3, 0.4) is 0 Å². The van der Waals surface area contributed by atoms with Crippen molar-refractivity contribution < 1.29 is 14.9 Å². The number of fused-ring (bicyclic) bond motifs is 1. The Kier molecular flexibility index (Phi) is 4.90. The van der Waals surface area contributed by atoms with Gasteiger partial charge < -0.3 is 16.0 Å². The number of anilines is 1. The number of carbonyl (C=O) groups excluding carboxylic acids is 2. The number of carbonyl (C=O) groups is 2. The van der Waals surface area contributed by atoms with E-state index in [0.717, 1.165) is 16.5 Å². The third-order valence-corrected chi connectivity index (χ3v) is 3.40. The second-order valence-electron chi connectivity index (χ2n) is 4.92. The summed E-state index contributed by atoms with van der Waals surface area (Å²) in [7, 11) is 1.58. The summed E-state index contributed by atoms with van der Waals surface area (Å²) in [5, 5.41) is 9.25. The Labute approximate surface area is 123 Å². The van der Waals surface area contributed by atoms with Crippen molar-refractivity contribution in [2.45, 2.75) is 13.0 Å². The largest absolute Gasteiger partial charge is 0.354 e. The number of nitrogens with two attached hydrogens (primary N) is 1. The molecule has 1 atom stereocenters. The summed E-state index contributed by atoms with van der Waals surface area (Å²) >= 11 is 0. The number of amides is 2. The molecule has 0 saturated heterocycles. The first-order chi connectivity index (χ1) is 10.1. The minimum Gasteiger partial charge on any atom is -0.354 e. The Bertz CT molecular complexity index is 650. The van der Waals surface area contributed by atoms with Crippen molar-refractivity contribution >= 4 is 28.3 Å². The van der Waals surface area contributed by atoms with E-state index in [9.17, 15) is 9.59 Å². The fourth-order valence-electron chi connectivity index (χ4n) is 2.07. The zero-order chi connectivity index (χ0) is 15.2. The van der Waals surface area contributed by atoms with Gasteiger partial charge in [-0.05, 0) is 18.4 Å². The summed E-state index contributed by atoms with van der Waals surface area (Å²) < 4.78 is 0. The molecule has 0 bridgehead atoms. The molecule has 0 aliphatic rings. The number of benzene rings is 2. The van der Waals surface area contributed by atoms with Gasteiger partial charge in [-0.1, -0.05) is 36.4 Å². The zero-order valence-corrected chi connectivity index (χ0v) is 12.2. The number of hydrogen-bond donors (Lipinski definition) is 3. The Hall–Kier alpha value is -2.40. The van der Waals surface area contributed by atoms with E-state index in [1.165, 1.54) is 0 Å². The normalized spacial score (nSPS) is 11.9. The summed E-state index contributed by atoms with van der Waals surface area (Å²) in [4.78, 5) is 23.4. The molecule has 0 heterocycles. The molecule has 5 nitrogen and oxygen atoms in total. The van der Waals surface area contributed by atoms with Crippen LogP contribution in [0.2, 0.25) is 0 Å². The highest BCUT2D eigenvalue weighted by Gasteiger charge is 2.17. The lowest BCUT2D eigenvalue weighted by molar-refractivity contribution is -0.662. The van der Waals surface area contributed by atoms with Crippen LogP contribution in [0.25, 0.3) is 10.8 Å². The van der Waals surface area contributed by atoms with Crippen molar-refractivity contribution in [2.75, 3.05) is 18.9 Å². The van der Waals surface area contributed by atoms with Gasteiger partial charge in [0, 0.05) is 18.1 Å². The van der Waals surface area contributed by atoms with Crippen LogP contribution < -0.4 is 16.0 Å². The van der Waals surface area contributed by atoms with E-state index in [-0.39, 0.29) is 24.4 Å². The predicted octanol–water partition coefficient (Wildman–Crippen LogP) is 0.476. The summed E-state index contributed by atoms with van der Waals surface area (Å²) in [6.07, 6.45) is 0. The van der Waals surface area contributed by atoms with Crippen molar-refractivity contribution in [3.63, 3.8) is 0 Å². The van der Waals surface area contributed by atoms with Crippen LogP contribution in [0.15, 0.2) is 42.5 Å². The van der Waals surface area contributed by atoms with Gasteiger partial charge in [-0.3, -0.25) is 9.59 Å². The quantitative estimate of drug-likeness (QED) is 0.748. The first-order valence-electron chi connectivity index (χ1n) is 6.94. The first-order valence-corrected chi connectivity index (χ1v) is 6.94. The van der Waals surface area contributed by atoms with Crippen LogP contribution in [0.4, 0.5) is 5.69 Å². The lowest BCUT2D eigenvalue weighted by Crippen LogP contribution is -2.93. The van der Waals surface area contributed by atoms with Gasteiger partial charge in [0.25, 0.3) is 11.8 Å².